The van der Waals surface area contributed by atoms with Crippen molar-refractivity contribution in [3.8, 4) is 0 Å². The third-order valence-corrected chi connectivity index (χ3v) is 6.35. The second-order valence-corrected chi connectivity index (χ2v) is 10.4. The zero-order valence-corrected chi connectivity index (χ0v) is 21.8. The zero-order chi connectivity index (χ0) is 28.1. The fourth-order valence-electron chi connectivity index (χ4n) is 3.14. The van der Waals surface area contributed by atoms with Crippen LogP contribution in [0.15, 0.2) is 0 Å². The Kier molecular flexibility index (Phi) is 14.2. The molecule has 0 heterocycles. The molecule has 0 aliphatic heterocycles. The molecule has 1 N–H and O–H groups in total. The van der Waals surface area contributed by atoms with E-state index in [1.54, 1.807) is 0 Å². The first-order valence-corrected chi connectivity index (χ1v) is 11.7. The topological polar surface area (TPSA) is 199 Å². The van der Waals surface area contributed by atoms with Gasteiger partial charge in [-0.15, -0.1) is 0 Å². The van der Waals surface area contributed by atoms with Gasteiger partial charge >= 0.3 is 0 Å². The molecule has 1 amide bonds. The van der Waals surface area contributed by atoms with Crippen molar-refractivity contribution in [2.75, 3.05) is 65.4 Å². The molecule has 0 saturated carbocycles. The highest BCUT2D eigenvalue weighted by atomic mass is 16.4. The van der Waals surface area contributed by atoms with Crippen molar-refractivity contribution in [1.82, 2.24) is 20.0 Å². The summed E-state index contributed by atoms with van der Waals surface area (Å²) in [6, 6.07) is 0. The van der Waals surface area contributed by atoms with Gasteiger partial charge in [0.1, 0.15) is 0 Å². The Bertz CT molecular complexity index is 749. The van der Waals surface area contributed by atoms with Crippen molar-refractivity contribution in [3.63, 3.8) is 0 Å². The van der Waals surface area contributed by atoms with Crippen LogP contribution in [0.3, 0.4) is 0 Å². The van der Waals surface area contributed by atoms with Crippen molar-refractivity contribution in [3.05, 3.63) is 0 Å². The van der Waals surface area contributed by atoms with Crippen LogP contribution in [-0.2, 0) is 24.0 Å². The number of hydrogen-bond donors (Lipinski definition) is 1. The van der Waals surface area contributed by atoms with Gasteiger partial charge in [-0.3, -0.25) is 19.5 Å². The predicted molar refractivity (Wildman–Crippen MR) is 120 cm³/mol. The SMILES string of the molecule is CC(C)(C)C(C)(C)CCNC(=O)CN(CCN(CCN(CC(=O)[O-])CC(=O)[O-])CC(=O)[O-])CC(=O)[O-]. The number of carboxylic acid groups (broad SMARTS) is 4. The van der Waals surface area contributed by atoms with Crippen molar-refractivity contribution in [2.45, 2.75) is 41.0 Å². The van der Waals surface area contributed by atoms with E-state index >= 15 is 0 Å². The van der Waals surface area contributed by atoms with Gasteiger partial charge in [-0.2, -0.15) is 0 Å². The number of carbonyl (C=O) groups excluding carboxylic acids is 5. The van der Waals surface area contributed by atoms with E-state index in [9.17, 15) is 44.4 Å². The van der Waals surface area contributed by atoms with Crippen LogP contribution in [0.4, 0.5) is 0 Å². The van der Waals surface area contributed by atoms with E-state index in [-0.39, 0.29) is 43.6 Å². The number of hydrogen-bond acceptors (Lipinski definition) is 12. The normalized spacial score (nSPS) is 12.2. The second-order valence-electron chi connectivity index (χ2n) is 10.4. The average Bonchev–Trinajstić information content (AvgIpc) is 2.66. The molecule has 0 bridgehead atoms. The van der Waals surface area contributed by atoms with Crippen LogP contribution in [0.1, 0.15) is 41.0 Å². The molecule has 0 aromatic carbocycles. The standard InChI is InChI=1S/C23H42N4O9/c1-22(2,3)23(4,5)6-7-24-17(28)12-26(14-19(31)32)10-8-25(13-18(29)30)9-11-27(15-20(33)34)16-21(35)36/h6-16H2,1-5H3,(H,24,28)(H,29,30)(H,31,32)(H,33,34)(H,35,36)/p-4. The number of amides is 1. The Hall–Kier alpha value is -2.77. The first-order valence-electron chi connectivity index (χ1n) is 11.7. The zero-order valence-electron chi connectivity index (χ0n) is 21.8. The van der Waals surface area contributed by atoms with E-state index in [0.717, 1.165) is 4.90 Å². The van der Waals surface area contributed by atoms with Crippen LogP contribution in [-0.4, -0.2) is 110 Å². The fourth-order valence-corrected chi connectivity index (χ4v) is 3.14. The Morgan fingerprint density at radius 2 is 0.917 bits per heavy atom. The Labute approximate surface area is 212 Å². The highest BCUT2D eigenvalue weighted by Gasteiger charge is 2.32. The summed E-state index contributed by atoms with van der Waals surface area (Å²) in [5.74, 6) is -6.29. The van der Waals surface area contributed by atoms with E-state index in [1.165, 1.54) is 9.80 Å². The lowest BCUT2D eigenvalue weighted by Crippen LogP contribution is -2.50. The Morgan fingerprint density at radius 3 is 1.28 bits per heavy atom. The van der Waals surface area contributed by atoms with Crippen LogP contribution >= 0.6 is 0 Å². The van der Waals surface area contributed by atoms with Crippen LogP contribution in [0.2, 0.25) is 0 Å². The molecule has 0 spiro atoms. The molecule has 13 heteroatoms. The maximum atomic E-state index is 12.4. The second kappa shape index (κ2) is 15.4. The lowest BCUT2D eigenvalue weighted by atomic mass is 9.67. The predicted octanol–water partition coefficient (Wildman–Crippen LogP) is -5.53. The van der Waals surface area contributed by atoms with Crippen molar-refractivity contribution >= 4 is 29.8 Å². The largest absolute Gasteiger partial charge is 0.549 e. The molecule has 36 heavy (non-hydrogen) atoms. The molecule has 13 nitrogen and oxygen atoms in total. The van der Waals surface area contributed by atoms with Crippen molar-refractivity contribution in [1.29, 1.82) is 0 Å². The van der Waals surface area contributed by atoms with Gasteiger partial charge in [0.2, 0.25) is 5.91 Å². The number of carboxylic acids is 4. The minimum atomic E-state index is -1.51. The summed E-state index contributed by atoms with van der Waals surface area (Å²) < 4.78 is 0. The van der Waals surface area contributed by atoms with Crippen LogP contribution < -0.4 is 25.7 Å². The van der Waals surface area contributed by atoms with Crippen LogP contribution in [0.5, 0.6) is 0 Å². The molecule has 0 radical (unpaired) electrons. The number of nitrogens with zero attached hydrogens (tertiary/aromatic N) is 3. The van der Waals surface area contributed by atoms with E-state index in [0.29, 0.717) is 13.0 Å². The molecule has 0 rings (SSSR count). The van der Waals surface area contributed by atoms with Crippen LogP contribution in [0, 0.1) is 10.8 Å². The van der Waals surface area contributed by atoms with Gasteiger partial charge in [-0.1, -0.05) is 34.6 Å². The first-order chi connectivity index (χ1) is 16.4. The summed E-state index contributed by atoms with van der Waals surface area (Å²) in [7, 11) is 0. The quantitative estimate of drug-likeness (QED) is 0.172. The summed E-state index contributed by atoms with van der Waals surface area (Å²) >= 11 is 0. The highest BCUT2D eigenvalue weighted by Crippen LogP contribution is 2.40. The lowest BCUT2D eigenvalue weighted by molar-refractivity contribution is -0.311. The molecule has 0 aromatic rings. The summed E-state index contributed by atoms with van der Waals surface area (Å²) in [4.78, 5) is 59.9. The first kappa shape index (κ1) is 33.2. The van der Waals surface area contributed by atoms with Gasteiger partial charge in [-0.05, 0) is 17.3 Å². The summed E-state index contributed by atoms with van der Waals surface area (Å²) in [5.41, 5.74) is -0.0453. The molecule has 0 atom stereocenters. The maximum absolute atomic E-state index is 12.4. The van der Waals surface area contributed by atoms with Crippen molar-refractivity contribution in [2.24, 2.45) is 10.8 Å². The van der Waals surface area contributed by atoms with Gasteiger partial charge in [0.05, 0.1) is 30.4 Å². The molecule has 0 unspecified atom stereocenters. The average molecular weight is 515 g/mol. The minimum Gasteiger partial charge on any atom is -0.549 e. The summed E-state index contributed by atoms with van der Waals surface area (Å²) in [6.45, 7) is 7.84. The van der Waals surface area contributed by atoms with Crippen LogP contribution in [0.25, 0.3) is 0 Å². The molecule has 0 aliphatic carbocycles. The maximum Gasteiger partial charge on any atom is 0.234 e. The Balaban J connectivity index is 5.03. The third kappa shape index (κ3) is 15.3. The molecule has 0 aromatic heterocycles. The Morgan fingerprint density at radius 1 is 0.583 bits per heavy atom. The van der Waals surface area contributed by atoms with E-state index in [4.69, 9.17) is 0 Å². The summed E-state index contributed by atoms with van der Waals surface area (Å²) in [6.07, 6.45) is 0.705. The molecule has 0 aliphatic rings. The van der Waals surface area contributed by atoms with Gasteiger partial charge in [0, 0.05) is 58.9 Å². The van der Waals surface area contributed by atoms with Gasteiger partial charge in [-0.25, -0.2) is 0 Å². The molecule has 0 fully saturated rings. The summed E-state index contributed by atoms with van der Waals surface area (Å²) in [5, 5.41) is 46.7. The van der Waals surface area contributed by atoms with Crippen molar-refractivity contribution < 1.29 is 44.4 Å². The highest BCUT2D eigenvalue weighted by molar-refractivity contribution is 5.78. The molecular weight excluding hydrogens is 476 g/mol. The van der Waals surface area contributed by atoms with E-state index in [2.05, 4.69) is 39.9 Å². The minimum absolute atomic E-state index is 0.0126. The van der Waals surface area contributed by atoms with E-state index in [1.807, 2.05) is 0 Å². The monoisotopic (exact) mass is 514 g/mol. The number of carbonyl (C=O) groups is 5. The molecule has 0 saturated heterocycles. The van der Waals surface area contributed by atoms with Gasteiger partial charge < -0.3 is 44.9 Å². The van der Waals surface area contributed by atoms with E-state index < -0.39 is 56.0 Å². The smallest absolute Gasteiger partial charge is 0.234 e. The lowest BCUT2D eigenvalue weighted by Gasteiger charge is -2.39. The molecular formula is C23H38N4O9-4. The third-order valence-electron chi connectivity index (χ3n) is 6.35. The fraction of sp³-hybridized carbons (Fsp3) is 0.783. The number of aliphatic carboxylic acids is 4. The van der Waals surface area contributed by atoms with Gasteiger partial charge in [0.25, 0.3) is 0 Å². The number of rotatable bonds is 19. The van der Waals surface area contributed by atoms with Gasteiger partial charge in [0.15, 0.2) is 0 Å². The molecule has 208 valence electrons. The number of nitrogens with one attached hydrogen (secondary N) is 1.